The summed E-state index contributed by atoms with van der Waals surface area (Å²) < 4.78 is 11.2. The maximum Gasteiger partial charge on any atom is 0.320 e. The molecule has 2 amide bonds. The van der Waals surface area contributed by atoms with Crippen LogP contribution >= 0.6 is 0 Å². The van der Waals surface area contributed by atoms with Crippen molar-refractivity contribution in [3.8, 4) is 0 Å². The molecular formula is C17H25N3O3. The van der Waals surface area contributed by atoms with Crippen molar-refractivity contribution >= 4 is 11.7 Å². The number of carbonyl (C=O) groups excluding carboxylic acids is 1. The van der Waals surface area contributed by atoms with E-state index in [1.165, 1.54) is 0 Å². The SMILES string of the molecule is CN(C)c1ccc(C2CN(C(=O)N3CCOCC3)CCO2)cc1. The van der Waals surface area contributed by atoms with Gasteiger partial charge in [0.2, 0.25) is 0 Å². The zero-order chi connectivity index (χ0) is 16.2. The largest absolute Gasteiger partial charge is 0.378 e. The summed E-state index contributed by atoms with van der Waals surface area (Å²) in [5.74, 6) is 0. The number of hydrogen-bond donors (Lipinski definition) is 0. The number of urea groups is 1. The Hall–Kier alpha value is -1.79. The van der Waals surface area contributed by atoms with Crippen LogP contribution in [0.25, 0.3) is 0 Å². The molecular weight excluding hydrogens is 294 g/mol. The highest BCUT2D eigenvalue weighted by atomic mass is 16.5. The normalized spacial score (nSPS) is 22.1. The number of carbonyl (C=O) groups is 1. The van der Waals surface area contributed by atoms with Gasteiger partial charge in [0.25, 0.3) is 0 Å². The highest BCUT2D eigenvalue weighted by molar-refractivity contribution is 5.74. The first kappa shape index (κ1) is 16.1. The number of hydrogen-bond acceptors (Lipinski definition) is 4. The van der Waals surface area contributed by atoms with Crippen molar-refractivity contribution in [1.29, 1.82) is 0 Å². The molecule has 0 aliphatic carbocycles. The van der Waals surface area contributed by atoms with Crippen molar-refractivity contribution < 1.29 is 14.3 Å². The van der Waals surface area contributed by atoms with E-state index in [9.17, 15) is 4.79 Å². The Kier molecular flexibility index (Phi) is 5.03. The molecule has 2 saturated heterocycles. The molecule has 2 fully saturated rings. The van der Waals surface area contributed by atoms with E-state index in [0.717, 1.165) is 11.3 Å². The lowest BCUT2D eigenvalue weighted by molar-refractivity contribution is -0.0264. The van der Waals surface area contributed by atoms with Gasteiger partial charge < -0.3 is 24.2 Å². The molecule has 1 unspecified atom stereocenters. The molecule has 2 heterocycles. The molecule has 0 aromatic heterocycles. The second-order valence-electron chi connectivity index (χ2n) is 6.17. The van der Waals surface area contributed by atoms with Gasteiger partial charge in [0.05, 0.1) is 26.4 Å². The summed E-state index contributed by atoms with van der Waals surface area (Å²) in [6.45, 7) is 4.46. The summed E-state index contributed by atoms with van der Waals surface area (Å²) in [7, 11) is 4.05. The zero-order valence-electron chi connectivity index (χ0n) is 13.9. The molecule has 1 aromatic rings. The number of ether oxygens (including phenoxy) is 2. The van der Waals surface area contributed by atoms with Gasteiger partial charge in [-0.1, -0.05) is 12.1 Å². The average Bonchev–Trinajstić information content (AvgIpc) is 2.62. The van der Waals surface area contributed by atoms with Crippen LogP contribution in [0.2, 0.25) is 0 Å². The van der Waals surface area contributed by atoms with E-state index < -0.39 is 0 Å². The summed E-state index contributed by atoms with van der Waals surface area (Å²) in [6.07, 6.45) is -0.0510. The molecule has 0 radical (unpaired) electrons. The third-order valence-electron chi connectivity index (χ3n) is 4.40. The first-order valence-electron chi connectivity index (χ1n) is 8.15. The summed E-state index contributed by atoms with van der Waals surface area (Å²) in [5, 5.41) is 0. The van der Waals surface area contributed by atoms with Gasteiger partial charge in [0.15, 0.2) is 0 Å². The lowest BCUT2D eigenvalue weighted by Crippen LogP contribution is -2.51. The zero-order valence-corrected chi connectivity index (χ0v) is 13.9. The first-order chi connectivity index (χ1) is 11.1. The molecule has 0 N–H and O–H groups in total. The maximum atomic E-state index is 12.6. The fraction of sp³-hybridized carbons (Fsp3) is 0.588. The predicted molar refractivity (Wildman–Crippen MR) is 88.8 cm³/mol. The number of morpholine rings is 2. The highest BCUT2D eigenvalue weighted by Crippen LogP contribution is 2.25. The van der Waals surface area contributed by atoms with Gasteiger partial charge in [-0.25, -0.2) is 4.79 Å². The quantitative estimate of drug-likeness (QED) is 0.830. The van der Waals surface area contributed by atoms with Crippen molar-refractivity contribution in [2.24, 2.45) is 0 Å². The molecule has 2 aliphatic heterocycles. The number of nitrogens with zero attached hydrogens (tertiary/aromatic N) is 3. The molecule has 1 atom stereocenters. The molecule has 3 rings (SSSR count). The Morgan fingerprint density at radius 3 is 2.35 bits per heavy atom. The lowest BCUT2D eigenvalue weighted by Gasteiger charge is -2.37. The van der Waals surface area contributed by atoms with Gasteiger partial charge in [-0.2, -0.15) is 0 Å². The molecule has 23 heavy (non-hydrogen) atoms. The minimum atomic E-state index is -0.0510. The Morgan fingerprint density at radius 2 is 1.70 bits per heavy atom. The molecule has 6 heteroatoms. The van der Waals surface area contributed by atoms with Gasteiger partial charge in [-0.15, -0.1) is 0 Å². The van der Waals surface area contributed by atoms with Crippen LogP contribution in [0.1, 0.15) is 11.7 Å². The molecule has 1 aromatic carbocycles. The molecule has 0 saturated carbocycles. The Bertz CT molecular complexity index is 526. The van der Waals surface area contributed by atoms with Crippen molar-refractivity contribution in [1.82, 2.24) is 9.80 Å². The van der Waals surface area contributed by atoms with Crippen molar-refractivity contribution in [2.75, 3.05) is 65.0 Å². The number of anilines is 1. The highest BCUT2D eigenvalue weighted by Gasteiger charge is 2.29. The Balaban J connectivity index is 1.64. The topological polar surface area (TPSA) is 45.2 Å². The number of benzene rings is 1. The van der Waals surface area contributed by atoms with Crippen LogP contribution in [0, 0.1) is 0 Å². The molecule has 0 bridgehead atoms. The molecule has 0 spiro atoms. The lowest BCUT2D eigenvalue weighted by atomic mass is 10.1. The minimum absolute atomic E-state index is 0.0510. The van der Waals surface area contributed by atoms with Crippen LogP contribution in [0.3, 0.4) is 0 Å². The van der Waals surface area contributed by atoms with Crippen LogP contribution < -0.4 is 4.90 Å². The van der Waals surface area contributed by atoms with Crippen LogP contribution in [-0.4, -0.2) is 75.9 Å². The van der Waals surface area contributed by atoms with Crippen LogP contribution in [0.15, 0.2) is 24.3 Å². The average molecular weight is 319 g/mol. The van der Waals surface area contributed by atoms with Crippen molar-refractivity contribution in [3.05, 3.63) is 29.8 Å². The number of amides is 2. The number of rotatable bonds is 2. The second-order valence-corrected chi connectivity index (χ2v) is 6.17. The third kappa shape index (κ3) is 3.76. The van der Waals surface area contributed by atoms with Crippen LogP contribution in [0.4, 0.5) is 10.5 Å². The predicted octanol–water partition coefficient (Wildman–Crippen LogP) is 1.58. The standard InChI is InChI=1S/C17H25N3O3/c1-18(2)15-5-3-14(4-6-15)16-13-20(9-12-23-16)17(21)19-7-10-22-11-8-19/h3-6,16H,7-13H2,1-2H3. The summed E-state index contributed by atoms with van der Waals surface area (Å²) in [6, 6.07) is 8.44. The van der Waals surface area contributed by atoms with E-state index in [1.54, 1.807) is 0 Å². The van der Waals surface area contributed by atoms with E-state index >= 15 is 0 Å². The maximum absolute atomic E-state index is 12.6. The van der Waals surface area contributed by atoms with Gasteiger partial charge >= 0.3 is 6.03 Å². The first-order valence-corrected chi connectivity index (χ1v) is 8.15. The van der Waals surface area contributed by atoms with E-state index in [0.29, 0.717) is 46.0 Å². The van der Waals surface area contributed by atoms with Crippen molar-refractivity contribution in [3.63, 3.8) is 0 Å². The monoisotopic (exact) mass is 319 g/mol. The van der Waals surface area contributed by atoms with Gasteiger partial charge in [-0.3, -0.25) is 0 Å². The van der Waals surface area contributed by atoms with E-state index in [1.807, 2.05) is 23.9 Å². The second kappa shape index (κ2) is 7.19. The van der Waals surface area contributed by atoms with Crippen LogP contribution in [-0.2, 0) is 9.47 Å². The van der Waals surface area contributed by atoms with Crippen LogP contribution in [0.5, 0.6) is 0 Å². The van der Waals surface area contributed by atoms with Gasteiger partial charge in [0.1, 0.15) is 6.10 Å². The van der Waals surface area contributed by atoms with E-state index in [4.69, 9.17) is 9.47 Å². The van der Waals surface area contributed by atoms with Crippen molar-refractivity contribution in [2.45, 2.75) is 6.10 Å². The fourth-order valence-electron chi connectivity index (χ4n) is 2.97. The minimum Gasteiger partial charge on any atom is -0.378 e. The third-order valence-corrected chi connectivity index (χ3v) is 4.40. The van der Waals surface area contributed by atoms with E-state index in [2.05, 4.69) is 29.2 Å². The molecule has 6 nitrogen and oxygen atoms in total. The molecule has 2 aliphatic rings. The summed E-state index contributed by atoms with van der Waals surface area (Å²) >= 11 is 0. The summed E-state index contributed by atoms with van der Waals surface area (Å²) in [5.41, 5.74) is 2.28. The summed E-state index contributed by atoms with van der Waals surface area (Å²) in [4.78, 5) is 18.5. The fourth-order valence-corrected chi connectivity index (χ4v) is 2.97. The van der Waals surface area contributed by atoms with Gasteiger partial charge in [0, 0.05) is 39.4 Å². The smallest absolute Gasteiger partial charge is 0.320 e. The molecule has 126 valence electrons. The Labute approximate surface area is 137 Å². The van der Waals surface area contributed by atoms with E-state index in [-0.39, 0.29) is 12.1 Å². The van der Waals surface area contributed by atoms with Gasteiger partial charge in [-0.05, 0) is 17.7 Å². The Morgan fingerprint density at radius 1 is 1.04 bits per heavy atom.